The number of rotatable bonds is 39. The van der Waals surface area contributed by atoms with E-state index in [2.05, 4.69) is 42.0 Å². The molecule has 342 valence electrons. The lowest BCUT2D eigenvalue weighted by molar-refractivity contribution is -0.161. The summed E-state index contributed by atoms with van der Waals surface area (Å²) in [7, 11) is -9.71. The van der Waals surface area contributed by atoms with Gasteiger partial charge in [-0.1, -0.05) is 152 Å². The number of ether oxygens (including phenoxy) is 2. The number of phosphoric acid groups is 2. The van der Waals surface area contributed by atoms with E-state index in [1.54, 1.807) is 12.2 Å². The first-order valence-corrected chi connectivity index (χ1v) is 24.5. The van der Waals surface area contributed by atoms with Crippen LogP contribution in [0.3, 0.4) is 0 Å². The Balaban J connectivity index is 4.70. The number of hydrogen-bond acceptors (Lipinski definition) is 11. The molecule has 0 aliphatic carbocycles. The van der Waals surface area contributed by atoms with Gasteiger partial charge in [0.1, 0.15) is 12.7 Å². The third kappa shape index (κ3) is 42.3. The van der Waals surface area contributed by atoms with Gasteiger partial charge in [-0.05, 0) is 50.9 Å². The number of aliphatic hydroxyl groups is 2. The molecular weight excluding hydrogens is 802 g/mol. The summed E-state index contributed by atoms with van der Waals surface area (Å²) in [6, 6.07) is 0. The number of phosphoric ester groups is 2. The van der Waals surface area contributed by atoms with Gasteiger partial charge in [0.05, 0.1) is 25.9 Å². The molecule has 0 saturated carbocycles. The van der Waals surface area contributed by atoms with Crippen molar-refractivity contribution in [2.24, 2.45) is 5.92 Å². The highest BCUT2D eigenvalue weighted by Gasteiger charge is 2.28. The highest BCUT2D eigenvalue weighted by Crippen LogP contribution is 2.43. The molecule has 0 rings (SSSR count). The molecule has 0 aromatic carbocycles. The lowest BCUT2D eigenvalue weighted by Crippen LogP contribution is -2.29. The van der Waals surface area contributed by atoms with Gasteiger partial charge in [0.25, 0.3) is 0 Å². The Labute approximate surface area is 354 Å². The quantitative estimate of drug-likeness (QED) is 0.0128. The Morgan fingerprint density at radius 3 is 1.81 bits per heavy atom. The van der Waals surface area contributed by atoms with Gasteiger partial charge < -0.3 is 34.4 Å². The molecule has 0 saturated heterocycles. The first-order valence-electron chi connectivity index (χ1n) is 21.4. The number of unbranched alkanes of at least 4 members (excludes halogenated alkanes) is 11. The van der Waals surface area contributed by atoms with E-state index in [0.717, 1.165) is 38.0 Å². The first-order chi connectivity index (χ1) is 28.1. The second-order valence-electron chi connectivity index (χ2n) is 14.9. The molecule has 0 bridgehead atoms. The zero-order valence-corrected chi connectivity index (χ0v) is 37.6. The largest absolute Gasteiger partial charge is 0.472 e. The molecule has 0 heterocycles. The average Bonchev–Trinajstić information content (AvgIpc) is 3.17. The maximum absolute atomic E-state index is 12.6. The number of allylic oxidation sites excluding steroid dienone is 8. The minimum Gasteiger partial charge on any atom is -0.462 e. The van der Waals surface area contributed by atoms with Gasteiger partial charge in [0.2, 0.25) is 0 Å². The van der Waals surface area contributed by atoms with Gasteiger partial charge in [0, 0.05) is 12.8 Å². The van der Waals surface area contributed by atoms with E-state index in [-0.39, 0.29) is 12.8 Å². The van der Waals surface area contributed by atoms with Crippen LogP contribution in [0.4, 0.5) is 0 Å². The number of carbonyl (C=O) groups is 2. The van der Waals surface area contributed by atoms with Crippen molar-refractivity contribution in [3.05, 3.63) is 60.8 Å². The van der Waals surface area contributed by atoms with Crippen LogP contribution in [0, 0.1) is 5.92 Å². The monoisotopic (exact) mass is 878 g/mol. The predicted molar refractivity (Wildman–Crippen MR) is 231 cm³/mol. The van der Waals surface area contributed by atoms with Gasteiger partial charge in [0.15, 0.2) is 6.10 Å². The van der Waals surface area contributed by atoms with Crippen LogP contribution < -0.4 is 0 Å². The van der Waals surface area contributed by atoms with Crippen molar-refractivity contribution in [1.29, 1.82) is 0 Å². The zero-order valence-electron chi connectivity index (χ0n) is 35.9. The number of aliphatic hydroxyl groups excluding tert-OH is 2. The Kier molecular flexibility index (Phi) is 36.1. The second kappa shape index (κ2) is 37.5. The minimum atomic E-state index is -4.88. The lowest BCUT2D eigenvalue weighted by Gasteiger charge is -2.20. The summed E-state index contributed by atoms with van der Waals surface area (Å²) in [5.41, 5.74) is 0. The number of carbonyl (C=O) groups excluding carboxylic acids is 2. The summed E-state index contributed by atoms with van der Waals surface area (Å²) >= 11 is 0. The van der Waals surface area contributed by atoms with Gasteiger partial charge >= 0.3 is 27.6 Å². The minimum absolute atomic E-state index is 0.0198. The smallest absolute Gasteiger partial charge is 0.462 e. The van der Waals surface area contributed by atoms with Crippen LogP contribution in [0.15, 0.2) is 60.8 Å². The molecule has 4 atom stereocenters. The van der Waals surface area contributed by atoms with Crippen LogP contribution in [-0.2, 0) is 41.8 Å². The van der Waals surface area contributed by atoms with Crippen LogP contribution in [0.5, 0.6) is 0 Å². The number of esters is 2. The second-order valence-corrected chi connectivity index (χ2v) is 17.6. The summed E-state index contributed by atoms with van der Waals surface area (Å²) in [5.74, 6) is -0.364. The molecule has 0 aromatic rings. The van der Waals surface area contributed by atoms with Crippen LogP contribution in [0.25, 0.3) is 0 Å². The molecule has 14 nitrogen and oxygen atoms in total. The summed E-state index contributed by atoms with van der Waals surface area (Å²) in [5, 5.41) is 19.8. The van der Waals surface area contributed by atoms with Crippen LogP contribution in [0.1, 0.15) is 149 Å². The van der Waals surface area contributed by atoms with E-state index in [1.165, 1.54) is 51.4 Å². The Morgan fingerprint density at radius 2 is 1.17 bits per heavy atom. The third-order valence-corrected chi connectivity index (χ3v) is 10.1. The van der Waals surface area contributed by atoms with Crippen molar-refractivity contribution in [1.82, 2.24) is 0 Å². The predicted octanol–water partition coefficient (Wildman–Crippen LogP) is 9.66. The van der Waals surface area contributed by atoms with Gasteiger partial charge in [-0.25, -0.2) is 9.13 Å². The molecule has 16 heteroatoms. The molecule has 5 N–H and O–H groups in total. The van der Waals surface area contributed by atoms with Crippen molar-refractivity contribution < 1.29 is 66.7 Å². The average molecular weight is 879 g/mol. The topological polar surface area (TPSA) is 216 Å². The van der Waals surface area contributed by atoms with E-state index >= 15 is 0 Å². The Bertz CT molecular complexity index is 1310. The molecule has 0 fully saturated rings. The van der Waals surface area contributed by atoms with Crippen molar-refractivity contribution in [3.8, 4) is 0 Å². The molecule has 0 spiro atoms. The fourth-order valence-corrected chi connectivity index (χ4v) is 6.57. The molecule has 0 aromatic heterocycles. The normalized spacial score (nSPS) is 15.3. The van der Waals surface area contributed by atoms with Crippen LogP contribution in [-0.4, -0.2) is 81.6 Å². The third-order valence-electron chi connectivity index (χ3n) is 8.67. The molecule has 0 aliphatic rings. The molecule has 0 amide bonds. The van der Waals surface area contributed by atoms with E-state index in [4.69, 9.17) is 23.8 Å². The van der Waals surface area contributed by atoms with E-state index in [0.29, 0.717) is 32.1 Å². The number of hydrogen-bond donors (Lipinski definition) is 5. The summed E-state index contributed by atoms with van der Waals surface area (Å²) in [6.45, 7) is 3.78. The molecule has 0 aliphatic heterocycles. The molecule has 2 unspecified atom stereocenters. The Morgan fingerprint density at radius 1 is 0.610 bits per heavy atom. The standard InChI is InChI=1S/C43H76O14P2/c1-4-5-6-7-20-25-30-39(44)31-26-21-16-13-14-18-23-28-33-43(47)57-41(37-56-59(51,52)55-35-40(45)34-54-58(48,49)50)36-53-42(46)32-27-22-17-12-10-8-9-11-15-19-24-29-38(2)3/h5-6,14,16,18,20-21,25-26,31,38-41,44-45H,4,7-13,15,17,19,22-24,27-30,32-37H2,1-3H3,(H,51,52)(H2,48,49,50)/b6-5-,18-14-,21-16-,25-20-,31-26+/t39?,40-,41+/m0/s1. The zero-order chi connectivity index (χ0) is 44.0. The van der Waals surface area contributed by atoms with E-state index in [9.17, 15) is 33.8 Å². The van der Waals surface area contributed by atoms with Crippen molar-refractivity contribution in [3.63, 3.8) is 0 Å². The van der Waals surface area contributed by atoms with E-state index in [1.807, 2.05) is 36.5 Å². The Hall–Kier alpha value is -2.22. The maximum atomic E-state index is 12.6. The fourth-order valence-electron chi connectivity index (χ4n) is 5.42. The lowest BCUT2D eigenvalue weighted by atomic mass is 10.0. The van der Waals surface area contributed by atoms with Crippen LogP contribution in [0.2, 0.25) is 0 Å². The molecule has 59 heavy (non-hydrogen) atoms. The summed E-state index contributed by atoms with van der Waals surface area (Å²) in [6.07, 6.45) is 34.0. The van der Waals surface area contributed by atoms with Crippen molar-refractivity contribution in [2.45, 2.75) is 167 Å². The van der Waals surface area contributed by atoms with Gasteiger partial charge in [-0.2, -0.15) is 0 Å². The van der Waals surface area contributed by atoms with E-state index < -0.39 is 72.3 Å². The van der Waals surface area contributed by atoms with Crippen LogP contribution >= 0.6 is 15.6 Å². The SMILES string of the molecule is CC/C=C\C/C=C\CC(O)/C=C/C=C\C/C=C\CCCC(=O)O[C@H](COC(=O)CCCCCCCCCCCCCC(C)C)COP(=O)(O)OC[C@@H](O)COP(=O)(O)O. The summed E-state index contributed by atoms with van der Waals surface area (Å²) in [4.78, 5) is 52.6. The van der Waals surface area contributed by atoms with Gasteiger partial charge in [-0.15, -0.1) is 0 Å². The van der Waals surface area contributed by atoms with Crippen molar-refractivity contribution >= 4 is 27.6 Å². The molecular formula is C43H76O14P2. The van der Waals surface area contributed by atoms with Gasteiger partial charge in [-0.3, -0.25) is 23.2 Å². The maximum Gasteiger partial charge on any atom is 0.472 e. The van der Waals surface area contributed by atoms with Crippen molar-refractivity contribution in [2.75, 3.05) is 26.4 Å². The first kappa shape index (κ1) is 56.8. The highest BCUT2D eigenvalue weighted by atomic mass is 31.2. The fraction of sp³-hybridized carbons (Fsp3) is 0.721. The molecule has 0 radical (unpaired) electrons. The highest BCUT2D eigenvalue weighted by molar-refractivity contribution is 7.47. The summed E-state index contributed by atoms with van der Waals surface area (Å²) < 4.78 is 47.6.